The molecule has 172 valence electrons. The van der Waals surface area contributed by atoms with Crippen molar-refractivity contribution in [1.82, 2.24) is 19.9 Å². The zero-order valence-corrected chi connectivity index (χ0v) is 21.1. The van der Waals surface area contributed by atoms with E-state index in [4.69, 9.17) is 9.97 Å². The van der Waals surface area contributed by atoms with E-state index in [1.807, 2.05) is 43.5 Å². The largest absolute Gasteiger partial charge is 0.255 e. The predicted molar refractivity (Wildman–Crippen MR) is 138 cm³/mol. The van der Waals surface area contributed by atoms with Crippen molar-refractivity contribution in [3.05, 3.63) is 83.8 Å². The van der Waals surface area contributed by atoms with Gasteiger partial charge < -0.3 is 0 Å². The Kier molecular flexibility index (Phi) is 4.98. The van der Waals surface area contributed by atoms with Crippen LogP contribution in [0.2, 0.25) is 0 Å². The highest BCUT2D eigenvalue weighted by Gasteiger charge is 2.56. The fourth-order valence-corrected chi connectivity index (χ4v) is 5.24. The van der Waals surface area contributed by atoms with Crippen molar-refractivity contribution in [3.8, 4) is 34.0 Å². The van der Waals surface area contributed by atoms with Crippen LogP contribution in [0.1, 0.15) is 58.5 Å². The van der Waals surface area contributed by atoms with Crippen molar-refractivity contribution >= 4 is 0 Å². The number of nitrogens with zero attached hydrogens (tertiary/aromatic N) is 4. The monoisotopic (exact) mass is 448 g/mol. The third-order valence-corrected chi connectivity index (χ3v) is 8.59. The zero-order chi connectivity index (χ0) is 24.3. The van der Waals surface area contributed by atoms with Gasteiger partial charge in [0.25, 0.3) is 0 Å². The molecule has 0 atom stereocenters. The fourth-order valence-electron chi connectivity index (χ4n) is 5.24. The molecule has 0 spiro atoms. The Balaban J connectivity index is 1.51. The van der Waals surface area contributed by atoms with Crippen LogP contribution >= 0.6 is 0 Å². The molecule has 0 unspecified atom stereocenters. The minimum Gasteiger partial charge on any atom is -0.255 e. The van der Waals surface area contributed by atoms with E-state index in [9.17, 15) is 0 Å². The maximum Gasteiger partial charge on any atom is 0.165 e. The lowest BCUT2D eigenvalue weighted by molar-refractivity contribution is 0.125. The lowest BCUT2D eigenvalue weighted by Gasteiger charge is -2.44. The van der Waals surface area contributed by atoms with Gasteiger partial charge in [-0.1, -0.05) is 84.0 Å². The molecule has 0 amide bonds. The van der Waals surface area contributed by atoms with Crippen molar-refractivity contribution in [2.24, 2.45) is 5.41 Å². The van der Waals surface area contributed by atoms with E-state index < -0.39 is 0 Å². The average molecular weight is 449 g/mol. The Morgan fingerprint density at radius 2 is 1.21 bits per heavy atom. The van der Waals surface area contributed by atoms with E-state index >= 15 is 0 Å². The molecule has 1 aliphatic rings. The maximum atomic E-state index is 4.80. The molecule has 5 rings (SSSR count). The Labute approximate surface area is 202 Å². The molecule has 2 aromatic carbocycles. The number of aromatic nitrogens is 4. The van der Waals surface area contributed by atoms with Crippen LogP contribution in [0.3, 0.4) is 0 Å². The molecule has 0 N–H and O–H groups in total. The van der Waals surface area contributed by atoms with E-state index in [0.717, 1.165) is 22.4 Å². The van der Waals surface area contributed by atoms with Crippen LogP contribution in [0.4, 0.5) is 0 Å². The Hall–Kier alpha value is -3.40. The fraction of sp³-hybridized carbons (Fsp3) is 0.333. The molecule has 34 heavy (non-hydrogen) atoms. The van der Waals surface area contributed by atoms with E-state index in [1.165, 1.54) is 11.1 Å². The summed E-state index contributed by atoms with van der Waals surface area (Å²) in [6, 6.07) is 21.0. The molecule has 0 radical (unpaired) electrons. The maximum absolute atomic E-state index is 4.80. The molecule has 2 aromatic heterocycles. The second-order valence-electron chi connectivity index (χ2n) is 11.0. The highest BCUT2D eigenvalue weighted by atomic mass is 15.0. The summed E-state index contributed by atoms with van der Waals surface area (Å²) < 4.78 is 0. The van der Waals surface area contributed by atoms with Crippen molar-refractivity contribution in [3.63, 3.8) is 0 Å². The topological polar surface area (TPSA) is 51.6 Å². The number of hydrogen-bond donors (Lipinski definition) is 0. The zero-order valence-electron chi connectivity index (χ0n) is 21.1. The number of pyridine rings is 1. The molecule has 0 saturated heterocycles. The molecule has 0 fully saturated rings. The smallest absolute Gasteiger partial charge is 0.165 e. The molecule has 0 saturated carbocycles. The van der Waals surface area contributed by atoms with Gasteiger partial charge in [0.15, 0.2) is 11.6 Å². The molecule has 4 nitrogen and oxygen atoms in total. The number of aryl methyl sites for hydroxylation is 1. The molecule has 1 aliphatic carbocycles. The van der Waals surface area contributed by atoms with Crippen LogP contribution in [0.25, 0.3) is 34.0 Å². The minimum atomic E-state index is 0.0675. The summed E-state index contributed by atoms with van der Waals surface area (Å²) in [5.41, 5.74) is 7.14. The van der Waals surface area contributed by atoms with Crippen LogP contribution < -0.4 is 0 Å². The van der Waals surface area contributed by atoms with E-state index in [-0.39, 0.29) is 16.2 Å². The second kappa shape index (κ2) is 7.56. The van der Waals surface area contributed by atoms with Crippen LogP contribution in [-0.2, 0) is 10.8 Å². The first-order chi connectivity index (χ1) is 16.0. The quantitative estimate of drug-likeness (QED) is 0.333. The first kappa shape index (κ1) is 22.4. The van der Waals surface area contributed by atoms with Gasteiger partial charge in [0.1, 0.15) is 5.82 Å². The summed E-state index contributed by atoms with van der Waals surface area (Å²) in [6.45, 7) is 16.2. The highest BCUT2D eigenvalue weighted by molar-refractivity contribution is 5.67. The van der Waals surface area contributed by atoms with E-state index in [2.05, 4.69) is 81.8 Å². The van der Waals surface area contributed by atoms with Gasteiger partial charge in [-0.2, -0.15) is 0 Å². The van der Waals surface area contributed by atoms with Gasteiger partial charge in [-0.15, -0.1) is 0 Å². The van der Waals surface area contributed by atoms with Gasteiger partial charge in [-0.25, -0.2) is 15.0 Å². The lowest BCUT2D eigenvalue weighted by atomic mass is 9.59. The van der Waals surface area contributed by atoms with Gasteiger partial charge >= 0.3 is 0 Å². The first-order valence-electron chi connectivity index (χ1n) is 11.9. The third-order valence-electron chi connectivity index (χ3n) is 8.59. The van der Waals surface area contributed by atoms with Crippen LogP contribution in [0.15, 0.2) is 66.9 Å². The summed E-state index contributed by atoms with van der Waals surface area (Å²) in [6.07, 6.45) is 1.87. The molecule has 2 heterocycles. The van der Waals surface area contributed by atoms with Gasteiger partial charge in [0.2, 0.25) is 0 Å². The van der Waals surface area contributed by atoms with Crippen molar-refractivity contribution < 1.29 is 0 Å². The Morgan fingerprint density at radius 1 is 0.588 bits per heavy atom. The standard InChI is InChI=1S/C30H32N4/c1-19-32-26(20-11-9-8-10-12-20)34-27(33-19)22-14-16-25(31-18-22)21-13-15-23-24(17-21)29(4,5)30(6,7)28(23,2)3/h8-18H,1-7H3. The first-order valence-corrected chi connectivity index (χ1v) is 11.9. The van der Waals surface area contributed by atoms with Gasteiger partial charge in [0.05, 0.1) is 5.69 Å². The molecule has 4 aromatic rings. The molecular formula is C30H32N4. The molecule has 0 bridgehead atoms. The minimum absolute atomic E-state index is 0.0675. The summed E-state index contributed by atoms with van der Waals surface area (Å²) >= 11 is 0. The summed E-state index contributed by atoms with van der Waals surface area (Å²) in [7, 11) is 0. The SMILES string of the molecule is Cc1nc(-c2ccccc2)nc(-c2ccc(-c3ccc4c(c3)C(C)(C)C(C)(C)C4(C)C)nc2)n1. The van der Waals surface area contributed by atoms with Crippen LogP contribution in [0.5, 0.6) is 0 Å². The number of hydrogen-bond acceptors (Lipinski definition) is 4. The summed E-state index contributed by atoms with van der Waals surface area (Å²) in [5, 5.41) is 0. The van der Waals surface area contributed by atoms with Gasteiger partial charge in [-0.05, 0) is 52.5 Å². The van der Waals surface area contributed by atoms with E-state index in [1.54, 1.807) is 0 Å². The normalized spacial score (nSPS) is 17.4. The van der Waals surface area contributed by atoms with Crippen LogP contribution in [0, 0.1) is 12.3 Å². The number of rotatable bonds is 3. The summed E-state index contributed by atoms with van der Waals surface area (Å²) in [5.74, 6) is 2.02. The Bertz CT molecular complexity index is 1370. The molecule has 4 heteroatoms. The lowest BCUT2D eigenvalue weighted by Crippen LogP contribution is -2.42. The second-order valence-corrected chi connectivity index (χ2v) is 11.0. The number of benzene rings is 2. The van der Waals surface area contributed by atoms with Gasteiger partial charge in [0, 0.05) is 22.9 Å². The molecule has 0 aliphatic heterocycles. The summed E-state index contributed by atoms with van der Waals surface area (Å²) in [4.78, 5) is 18.6. The van der Waals surface area contributed by atoms with Crippen molar-refractivity contribution in [1.29, 1.82) is 0 Å². The van der Waals surface area contributed by atoms with Gasteiger partial charge in [-0.3, -0.25) is 4.98 Å². The van der Waals surface area contributed by atoms with Crippen molar-refractivity contribution in [2.45, 2.75) is 59.3 Å². The van der Waals surface area contributed by atoms with Crippen LogP contribution in [-0.4, -0.2) is 19.9 Å². The van der Waals surface area contributed by atoms with E-state index in [0.29, 0.717) is 17.5 Å². The highest BCUT2D eigenvalue weighted by Crippen LogP contribution is 2.61. The third kappa shape index (κ3) is 3.27. The van der Waals surface area contributed by atoms with Crippen molar-refractivity contribution in [2.75, 3.05) is 0 Å². The predicted octanol–water partition coefficient (Wildman–Crippen LogP) is 7.17. The number of fused-ring (bicyclic) bond motifs is 1. The molecular weight excluding hydrogens is 416 g/mol. The Morgan fingerprint density at radius 3 is 1.85 bits per heavy atom. The average Bonchev–Trinajstić information content (AvgIpc) is 2.93.